The second kappa shape index (κ2) is 7.22. The number of halogens is 1. The minimum absolute atomic E-state index is 0.288. The number of rotatable bonds is 5. The number of carbonyl (C=O) groups is 1. The number of nitrogens with zero attached hydrogens (tertiary/aromatic N) is 1. The fourth-order valence-corrected chi connectivity index (χ4v) is 0.886. The van der Waals surface area contributed by atoms with E-state index in [0.717, 1.165) is 12.8 Å². The van der Waals surface area contributed by atoms with E-state index >= 15 is 0 Å². The van der Waals surface area contributed by atoms with E-state index in [0.29, 0.717) is 19.0 Å². The van der Waals surface area contributed by atoms with Crippen LogP contribution in [0.25, 0.3) is 0 Å². The minimum atomic E-state index is -0.288. The van der Waals surface area contributed by atoms with Crippen molar-refractivity contribution in [1.29, 1.82) is 0 Å². The molecule has 0 rings (SSSR count). The Bertz CT molecular complexity index is 130. The van der Waals surface area contributed by atoms with Crippen molar-refractivity contribution in [2.75, 3.05) is 26.1 Å². The predicted octanol–water partition coefficient (Wildman–Crippen LogP) is 2.09. The SMILES string of the molecule is CCCCOC(=O)N(C)CCCl. The van der Waals surface area contributed by atoms with Crippen molar-refractivity contribution in [1.82, 2.24) is 4.90 Å². The average molecular weight is 194 g/mol. The summed E-state index contributed by atoms with van der Waals surface area (Å²) in [5.41, 5.74) is 0. The van der Waals surface area contributed by atoms with Gasteiger partial charge in [0, 0.05) is 19.5 Å². The van der Waals surface area contributed by atoms with Gasteiger partial charge in [-0.25, -0.2) is 4.79 Å². The molecule has 3 nitrogen and oxygen atoms in total. The maximum Gasteiger partial charge on any atom is 0.409 e. The summed E-state index contributed by atoms with van der Waals surface area (Å²) in [6, 6.07) is 0. The van der Waals surface area contributed by atoms with Gasteiger partial charge in [-0.3, -0.25) is 0 Å². The van der Waals surface area contributed by atoms with Crippen molar-refractivity contribution in [2.45, 2.75) is 19.8 Å². The summed E-state index contributed by atoms with van der Waals surface area (Å²) in [7, 11) is 1.68. The summed E-state index contributed by atoms with van der Waals surface area (Å²) in [4.78, 5) is 12.5. The minimum Gasteiger partial charge on any atom is -0.449 e. The molecular formula is C8H16ClNO2. The Kier molecular flexibility index (Phi) is 6.96. The molecule has 0 aromatic rings. The summed E-state index contributed by atoms with van der Waals surface area (Å²) in [6.07, 6.45) is 1.66. The highest BCUT2D eigenvalue weighted by Gasteiger charge is 2.07. The molecule has 72 valence electrons. The van der Waals surface area contributed by atoms with E-state index in [1.165, 1.54) is 4.90 Å². The maximum atomic E-state index is 11.1. The molecule has 0 aromatic heterocycles. The molecule has 0 bridgehead atoms. The molecule has 1 amide bonds. The molecule has 4 heteroatoms. The summed E-state index contributed by atoms with van der Waals surface area (Å²) >= 11 is 5.45. The highest BCUT2D eigenvalue weighted by atomic mass is 35.5. The first kappa shape index (κ1) is 11.6. The van der Waals surface area contributed by atoms with E-state index in [-0.39, 0.29) is 6.09 Å². The smallest absolute Gasteiger partial charge is 0.409 e. The van der Waals surface area contributed by atoms with Crippen LogP contribution in [0.3, 0.4) is 0 Å². The van der Waals surface area contributed by atoms with Crippen molar-refractivity contribution in [2.24, 2.45) is 0 Å². The van der Waals surface area contributed by atoms with Gasteiger partial charge in [-0.05, 0) is 6.42 Å². The zero-order chi connectivity index (χ0) is 9.40. The second-order valence-electron chi connectivity index (χ2n) is 2.58. The standard InChI is InChI=1S/C8H16ClNO2/c1-3-4-7-12-8(11)10(2)6-5-9/h3-7H2,1-2H3. The Hall–Kier alpha value is -0.440. The Morgan fingerprint density at radius 2 is 2.25 bits per heavy atom. The second-order valence-corrected chi connectivity index (χ2v) is 2.96. The number of unbranched alkanes of at least 4 members (excludes halogenated alkanes) is 1. The lowest BCUT2D eigenvalue weighted by Gasteiger charge is -2.14. The average Bonchev–Trinajstić information content (AvgIpc) is 2.05. The van der Waals surface area contributed by atoms with E-state index in [1.54, 1.807) is 7.05 Å². The topological polar surface area (TPSA) is 29.5 Å². The van der Waals surface area contributed by atoms with Gasteiger partial charge in [0.05, 0.1) is 6.61 Å². The van der Waals surface area contributed by atoms with Gasteiger partial charge in [-0.15, -0.1) is 11.6 Å². The lowest BCUT2D eigenvalue weighted by atomic mass is 10.4. The zero-order valence-corrected chi connectivity index (χ0v) is 8.43. The van der Waals surface area contributed by atoms with Crippen molar-refractivity contribution in [3.05, 3.63) is 0 Å². The van der Waals surface area contributed by atoms with Crippen LogP contribution in [-0.2, 0) is 4.74 Å². The van der Waals surface area contributed by atoms with Gasteiger partial charge >= 0.3 is 6.09 Å². The number of amides is 1. The number of ether oxygens (including phenoxy) is 1. The molecule has 0 fully saturated rings. The van der Waals surface area contributed by atoms with Crippen LogP contribution in [0.1, 0.15) is 19.8 Å². The molecule has 0 N–H and O–H groups in total. The monoisotopic (exact) mass is 193 g/mol. The van der Waals surface area contributed by atoms with Crippen molar-refractivity contribution in [3.63, 3.8) is 0 Å². The summed E-state index contributed by atoms with van der Waals surface area (Å²) < 4.78 is 4.93. The molecule has 0 saturated heterocycles. The van der Waals surface area contributed by atoms with E-state index < -0.39 is 0 Å². The lowest BCUT2D eigenvalue weighted by molar-refractivity contribution is 0.111. The first-order valence-electron chi connectivity index (χ1n) is 4.16. The maximum absolute atomic E-state index is 11.1. The third-order valence-electron chi connectivity index (χ3n) is 1.46. The van der Waals surface area contributed by atoms with Gasteiger partial charge in [0.15, 0.2) is 0 Å². The van der Waals surface area contributed by atoms with E-state index in [2.05, 4.69) is 6.92 Å². The first-order valence-corrected chi connectivity index (χ1v) is 4.69. The van der Waals surface area contributed by atoms with Crippen LogP contribution in [0.4, 0.5) is 4.79 Å². The van der Waals surface area contributed by atoms with Crippen LogP contribution < -0.4 is 0 Å². The van der Waals surface area contributed by atoms with Gasteiger partial charge in [0.2, 0.25) is 0 Å². The van der Waals surface area contributed by atoms with E-state index in [4.69, 9.17) is 16.3 Å². The summed E-state index contributed by atoms with van der Waals surface area (Å²) in [6.45, 7) is 3.09. The molecule has 0 spiro atoms. The molecule has 0 heterocycles. The van der Waals surface area contributed by atoms with Gasteiger partial charge in [0.25, 0.3) is 0 Å². The Labute approximate surface area is 78.6 Å². The third kappa shape index (κ3) is 5.24. The van der Waals surface area contributed by atoms with Crippen molar-refractivity contribution < 1.29 is 9.53 Å². The van der Waals surface area contributed by atoms with E-state index in [9.17, 15) is 4.79 Å². The molecule has 0 aliphatic heterocycles. The van der Waals surface area contributed by atoms with Gasteiger partial charge in [0.1, 0.15) is 0 Å². The van der Waals surface area contributed by atoms with E-state index in [1.807, 2.05) is 0 Å². The molecular weight excluding hydrogens is 178 g/mol. The predicted molar refractivity (Wildman–Crippen MR) is 49.6 cm³/mol. The largest absolute Gasteiger partial charge is 0.449 e. The molecule has 0 atom stereocenters. The first-order chi connectivity index (χ1) is 5.72. The van der Waals surface area contributed by atoms with Gasteiger partial charge < -0.3 is 9.64 Å². The highest BCUT2D eigenvalue weighted by molar-refractivity contribution is 6.18. The molecule has 0 unspecified atom stereocenters. The number of hydrogen-bond acceptors (Lipinski definition) is 2. The normalized spacial score (nSPS) is 9.58. The summed E-state index contributed by atoms with van der Waals surface area (Å²) in [5.74, 6) is 0.444. The molecule has 0 aromatic carbocycles. The lowest BCUT2D eigenvalue weighted by Crippen LogP contribution is -2.29. The Morgan fingerprint density at radius 1 is 1.58 bits per heavy atom. The fourth-order valence-electron chi connectivity index (χ4n) is 0.632. The van der Waals surface area contributed by atoms with Gasteiger partial charge in [-0.1, -0.05) is 13.3 Å². The summed E-state index contributed by atoms with van der Waals surface area (Å²) in [5, 5.41) is 0. The molecule has 0 aliphatic rings. The quantitative estimate of drug-likeness (QED) is 0.494. The molecule has 0 radical (unpaired) electrons. The molecule has 12 heavy (non-hydrogen) atoms. The van der Waals surface area contributed by atoms with Crippen LogP contribution in [0.5, 0.6) is 0 Å². The van der Waals surface area contributed by atoms with Gasteiger partial charge in [-0.2, -0.15) is 0 Å². The Balaban J connectivity index is 3.43. The zero-order valence-electron chi connectivity index (χ0n) is 7.68. The highest BCUT2D eigenvalue weighted by Crippen LogP contribution is 1.94. The van der Waals surface area contributed by atoms with Crippen LogP contribution in [0.2, 0.25) is 0 Å². The third-order valence-corrected chi connectivity index (χ3v) is 1.62. The van der Waals surface area contributed by atoms with Crippen molar-refractivity contribution in [3.8, 4) is 0 Å². The Morgan fingerprint density at radius 3 is 2.75 bits per heavy atom. The van der Waals surface area contributed by atoms with Crippen LogP contribution in [0, 0.1) is 0 Å². The van der Waals surface area contributed by atoms with Crippen LogP contribution in [-0.4, -0.2) is 37.1 Å². The van der Waals surface area contributed by atoms with Crippen LogP contribution >= 0.6 is 11.6 Å². The van der Waals surface area contributed by atoms with Crippen LogP contribution in [0.15, 0.2) is 0 Å². The molecule has 0 aliphatic carbocycles. The fraction of sp³-hybridized carbons (Fsp3) is 0.875. The number of hydrogen-bond donors (Lipinski definition) is 0. The van der Waals surface area contributed by atoms with Crippen molar-refractivity contribution >= 4 is 17.7 Å². The number of carbonyl (C=O) groups excluding carboxylic acids is 1. The molecule has 0 saturated carbocycles. The number of alkyl halides is 1.